The van der Waals surface area contributed by atoms with Gasteiger partial charge in [0.2, 0.25) is 10.0 Å². The van der Waals surface area contributed by atoms with Crippen LogP contribution < -0.4 is 16.2 Å². The van der Waals surface area contributed by atoms with E-state index in [1.54, 1.807) is 12.1 Å². The number of nitrogens with one attached hydrogen (secondary N) is 1. The van der Waals surface area contributed by atoms with E-state index in [2.05, 4.69) is 17.2 Å². The fourth-order valence-electron chi connectivity index (χ4n) is 2.02. The molecule has 23 heavy (non-hydrogen) atoms. The third-order valence-corrected chi connectivity index (χ3v) is 4.22. The number of anilines is 1. The maximum Gasteiger partial charge on any atom is 0.238 e. The maximum atomic E-state index is 11.2. The Morgan fingerprint density at radius 3 is 2.43 bits per heavy atom. The van der Waals surface area contributed by atoms with E-state index in [4.69, 9.17) is 10.9 Å². The third-order valence-electron chi connectivity index (χ3n) is 3.29. The molecule has 2 aromatic carbocycles. The van der Waals surface area contributed by atoms with Crippen molar-refractivity contribution in [1.29, 1.82) is 0 Å². The average molecular weight is 332 g/mol. The summed E-state index contributed by atoms with van der Waals surface area (Å²) in [4.78, 5) is 4.32. The van der Waals surface area contributed by atoms with Crippen LogP contribution in [-0.4, -0.2) is 14.4 Å². The first-order valence-electron chi connectivity index (χ1n) is 7.16. The Morgan fingerprint density at radius 1 is 1.13 bits per heavy atom. The molecule has 0 heterocycles. The van der Waals surface area contributed by atoms with Gasteiger partial charge in [-0.25, -0.2) is 18.5 Å². The van der Waals surface area contributed by atoms with Crippen molar-refractivity contribution >= 4 is 21.7 Å². The smallest absolute Gasteiger partial charge is 0.238 e. The van der Waals surface area contributed by atoms with E-state index in [-0.39, 0.29) is 4.90 Å². The summed E-state index contributed by atoms with van der Waals surface area (Å²) < 4.78 is 22.4. The second-order valence-corrected chi connectivity index (χ2v) is 6.63. The van der Waals surface area contributed by atoms with Crippen LogP contribution in [0.3, 0.4) is 0 Å². The van der Waals surface area contributed by atoms with Crippen LogP contribution in [0.25, 0.3) is 0 Å². The van der Waals surface area contributed by atoms with Gasteiger partial charge in [-0.15, -0.1) is 0 Å². The largest absolute Gasteiger partial charge is 0.370 e. The SMILES string of the molecule is CCc1cccc(NC(N)=NCc2ccc(S(N)(=O)=O)cc2)c1. The van der Waals surface area contributed by atoms with Crippen LogP contribution in [0.5, 0.6) is 0 Å². The molecule has 5 N–H and O–H groups in total. The van der Waals surface area contributed by atoms with Crippen molar-refractivity contribution in [2.45, 2.75) is 24.8 Å². The van der Waals surface area contributed by atoms with Crippen molar-refractivity contribution in [3.8, 4) is 0 Å². The number of hydrogen-bond acceptors (Lipinski definition) is 3. The molecule has 0 aliphatic carbocycles. The lowest BCUT2D eigenvalue weighted by atomic mass is 10.1. The molecule has 2 aromatic rings. The quantitative estimate of drug-likeness (QED) is 0.573. The zero-order chi connectivity index (χ0) is 16.9. The van der Waals surface area contributed by atoms with Crippen LogP contribution in [-0.2, 0) is 23.0 Å². The van der Waals surface area contributed by atoms with E-state index in [1.165, 1.54) is 17.7 Å². The predicted molar refractivity (Wildman–Crippen MR) is 92.6 cm³/mol. The van der Waals surface area contributed by atoms with E-state index in [0.29, 0.717) is 12.5 Å². The summed E-state index contributed by atoms with van der Waals surface area (Å²) in [7, 11) is -3.67. The van der Waals surface area contributed by atoms with Crippen LogP contribution >= 0.6 is 0 Å². The van der Waals surface area contributed by atoms with Crippen molar-refractivity contribution in [3.63, 3.8) is 0 Å². The minimum absolute atomic E-state index is 0.0766. The Balaban J connectivity index is 2.01. The highest BCUT2D eigenvalue weighted by Crippen LogP contribution is 2.12. The molecule has 0 amide bonds. The summed E-state index contributed by atoms with van der Waals surface area (Å²) >= 11 is 0. The molecule has 122 valence electrons. The first kappa shape index (κ1) is 17.0. The molecule has 0 saturated carbocycles. The van der Waals surface area contributed by atoms with Crippen LogP contribution in [0.1, 0.15) is 18.1 Å². The van der Waals surface area contributed by atoms with Crippen molar-refractivity contribution in [3.05, 3.63) is 59.7 Å². The second-order valence-electron chi connectivity index (χ2n) is 5.07. The number of guanidine groups is 1. The number of sulfonamides is 1. The van der Waals surface area contributed by atoms with Crippen molar-refractivity contribution in [2.24, 2.45) is 15.9 Å². The Hall–Kier alpha value is -2.38. The lowest BCUT2D eigenvalue weighted by molar-refractivity contribution is 0.598. The molecule has 0 atom stereocenters. The zero-order valence-corrected chi connectivity index (χ0v) is 13.7. The fourth-order valence-corrected chi connectivity index (χ4v) is 2.53. The summed E-state index contributed by atoms with van der Waals surface area (Å²) in [5.41, 5.74) is 8.80. The maximum absolute atomic E-state index is 11.2. The summed E-state index contributed by atoms with van der Waals surface area (Å²) in [6.45, 7) is 2.43. The molecule has 0 aromatic heterocycles. The lowest BCUT2D eigenvalue weighted by Crippen LogP contribution is -2.22. The Bertz CT molecular complexity index is 799. The van der Waals surface area contributed by atoms with Crippen molar-refractivity contribution in [2.75, 3.05) is 5.32 Å². The van der Waals surface area contributed by atoms with Crippen LogP contribution in [0.4, 0.5) is 5.69 Å². The van der Waals surface area contributed by atoms with Crippen molar-refractivity contribution in [1.82, 2.24) is 0 Å². The number of aliphatic imine (C=N–C) groups is 1. The van der Waals surface area contributed by atoms with Crippen LogP contribution in [0, 0.1) is 0 Å². The Morgan fingerprint density at radius 2 is 1.83 bits per heavy atom. The number of rotatable bonds is 5. The fraction of sp³-hybridized carbons (Fsp3) is 0.188. The highest BCUT2D eigenvalue weighted by Gasteiger charge is 2.06. The molecular formula is C16H20N4O2S. The highest BCUT2D eigenvalue weighted by molar-refractivity contribution is 7.89. The van der Waals surface area contributed by atoms with Gasteiger partial charge in [-0.05, 0) is 41.8 Å². The van der Waals surface area contributed by atoms with Gasteiger partial charge in [-0.2, -0.15) is 0 Å². The number of nitrogens with two attached hydrogens (primary N) is 2. The second kappa shape index (κ2) is 7.26. The van der Waals surface area contributed by atoms with Gasteiger partial charge in [-0.1, -0.05) is 31.2 Å². The van der Waals surface area contributed by atoms with Crippen LogP contribution in [0.15, 0.2) is 58.4 Å². The third kappa shape index (κ3) is 5.08. The zero-order valence-electron chi connectivity index (χ0n) is 12.9. The predicted octanol–water partition coefficient (Wildman–Crippen LogP) is 1.82. The van der Waals surface area contributed by atoms with E-state index in [0.717, 1.165) is 17.7 Å². The molecular weight excluding hydrogens is 312 g/mol. The topological polar surface area (TPSA) is 111 Å². The Labute approximate surface area is 136 Å². The summed E-state index contributed by atoms with van der Waals surface area (Å²) in [6, 6.07) is 14.2. The highest BCUT2D eigenvalue weighted by atomic mass is 32.2. The molecule has 0 fully saturated rings. The van der Waals surface area contributed by atoms with Crippen molar-refractivity contribution < 1.29 is 8.42 Å². The van der Waals surface area contributed by atoms with Gasteiger partial charge in [0.05, 0.1) is 11.4 Å². The number of aryl methyl sites for hydroxylation is 1. The molecule has 0 aliphatic heterocycles. The van der Waals surface area contributed by atoms with E-state index in [9.17, 15) is 8.42 Å². The van der Waals surface area contributed by atoms with E-state index in [1.807, 2.05) is 24.3 Å². The Kier molecular flexibility index (Phi) is 5.36. The van der Waals surface area contributed by atoms with Gasteiger partial charge in [0.25, 0.3) is 0 Å². The molecule has 0 bridgehead atoms. The number of benzene rings is 2. The lowest BCUT2D eigenvalue weighted by Gasteiger charge is -2.07. The minimum atomic E-state index is -3.67. The normalized spacial score (nSPS) is 12.2. The summed E-state index contributed by atoms with van der Waals surface area (Å²) in [5.74, 6) is 0.300. The number of hydrogen-bond donors (Lipinski definition) is 3. The molecule has 7 heteroatoms. The van der Waals surface area contributed by atoms with Gasteiger partial charge < -0.3 is 11.1 Å². The van der Waals surface area contributed by atoms with Gasteiger partial charge in [0.15, 0.2) is 5.96 Å². The first-order valence-corrected chi connectivity index (χ1v) is 8.70. The molecule has 0 unspecified atom stereocenters. The molecule has 0 radical (unpaired) electrons. The van der Waals surface area contributed by atoms with Gasteiger partial charge in [0, 0.05) is 5.69 Å². The minimum Gasteiger partial charge on any atom is -0.370 e. The van der Waals surface area contributed by atoms with E-state index >= 15 is 0 Å². The summed E-state index contributed by atoms with van der Waals surface area (Å²) in [6.07, 6.45) is 0.947. The number of primary sulfonamides is 1. The molecule has 0 spiro atoms. The van der Waals surface area contributed by atoms with Crippen LogP contribution in [0.2, 0.25) is 0 Å². The average Bonchev–Trinajstić information content (AvgIpc) is 2.52. The van der Waals surface area contributed by atoms with Gasteiger partial charge >= 0.3 is 0 Å². The first-order chi connectivity index (χ1) is 10.9. The van der Waals surface area contributed by atoms with Gasteiger partial charge in [-0.3, -0.25) is 0 Å². The molecule has 2 rings (SSSR count). The monoisotopic (exact) mass is 332 g/mol. The molecule has 0 aliphatic rings. The van der Waals surface area contributed by atoms with E-state index < -0.39 is 10.0 Å². The molecule has 6 nitrogen and oxygen atoms in total. The number of nitrogens with zero attached hydrogens (tertiary/aromatic N) is 1. The molecule has 0 saturated heterocycles. The standard InChI is InChI=1S/C16H20N4O2S/c1-2-12-4-3-5-14(10-12)20-16(17)19-11-13-6-8-15(9-7-13)23(18,21)22/h3-10H,2,11H2,1H3,(H3,17,19,20)(H2,18,21,22). The van der Waals surface area contributed by atoms with Gasteiger partial charge in [0.1, 0.15) is 0 Å². The summed E-state index contributed by atoms with van der Waals surface area (Å²) in [5, 5.41) is 8.09.